The van der Waals surface area contributed by atoms with Gasteiger partial charge in [0.25, 0.3) is 0 Å². The largest absolute Gasteiger partial charge is 0.303 e. The SMILES string of the molecule is O=C[C@H]1C[C@H]1Cl. The topological polar surface area (TPSA) is 17.1 Å². The van der Waals surface area contributed by atoms with Crippen molar-refractivity contribution in [3.8, 4) is 0 Å². The van der Waals surface area contributed by atoms with Crippen LogP contribution in [0.2, 0.25) is 0 Å². The molecule has 0 radical (unpaired) electrons. The molecule has 1 fully saturated rings. The quantitative estimate of drug-likeness (QED) is 0.356. The van der Waals surface area contributed by atoms with Crippen LogP contribution in [0, 0.1) is 5.92 Å². The first-order chi connectivity index (χ1) is 2.84. The Morgan fingerprint density at radius 1 is 1.83 bits per heavy atom. The molecule has 0 heterocycles. The van der Waals surface area contributed by atoms with Crippen LogP contribution in [-0.4, -0.2) is 11.7 Å². The van der Waals surface area contributed by atoms with Crippen LogP contribution in [0.15, 0.2) is 0 Å². The predicted molar refractivity (Wildman–Crippen MR) is 23.8 cm³/mol. The molecule has 0 amide bonds. The molecule has 1 rings (SSSR count). The van der Waals surface area contributed by atoms with E-state index in [9.17, 15) is 4.79 Å². The van der Waals surface area contributed by atoms with Crippen molar-refractivity contribution in [1.82, 2.24) is 0 Å². The smallest absolute Gasteiger partial charge is 0.124 e. The molecule has 34 valence electrons. The lowest BCUT2D eigenvalue weighted by atomic mass is 10.5. The summed E-state index contributed by atoms with van der Waals surface area (Å²) in [5, 5.41) is 0.169. The molecule has 1 nitrogen and oxygen atoms in total. The molecule has 0 spiro atoms. The number of alkyl halides is 1. The molecule has 0 bridgehead atoms. The Kier molecular flexibility index (Phi) is 0.845. The number of hydrogen-bond acceptors (Lipinski definition) is 1. The second-order valence-corrected chi connectivity index (χ2v) is 2.11. The normalized spacial score (nSPS) is 42.2. The van der Waals surface area contributed by atoms with E-state index in [1.165, 1.54) is 0 Å². The first-order valence-corrected chi connectivity index (χ1v) is 2.37. The molecule has 0 aliphatic heterocycles. The number of carbonyl (C=O) groups is 1. The van der Waals surface area contributed by atoms with Gasteiger partial charge in [-0.3, -0.25) is 0 Å². The van der Waals surface area contributed by atoms with Crippen molar-refractivity contribution in [3.05, 3.63) is 0 Å². The van der Waals surface area contributed by atoms with Gasteiger partial charge in [-0.05, 0) is 6.42 Å². The fourth-order valence-corrected chi connectivity index (χ4v) is 0.587. The molecule has 2 heteroatoms. The number of hydrogen-bond donors (Lipinski definition) is 0. The molecule has 6 heavy (non-hydrogen) atoms. The molecule has 0 aromatic carbocycles. The second-order valence-electron chi connectivity index (χ2n) is 1.55. The summed E-state index contributed by atoms with van der Waals surface area (Å²) in [6.07, 6.45) is 1.81. The van der Waals surface area contributed by atoms with E-state index in [0.717, 1.165) is 12.7 Å². The third kappa shape index (κ3) is 0.548. The monoisotopic (exact) mass is 104 g/mol. The van der Waals surface area contributed by atoms with Gasteiger partial charge < -0.3 is 4.79 Å². The van der Waals surface area contributed by atoms with Gasteiger partial charge in [0, 0.05) is 11.3 Å². The van der Waals surface area contributed by atoms with Gasteiger partial charge in [-0.15, -0.1) is 11.6 Å². The van der Waals surface area contributed by atoms with Crippen molar-refractivity contribution in [3.63, 3.8) is 0 Å². The van der Waals surface area contributed by atoms with Crippen molar-refractivity contribution in [1.29, 1.82) is 0 Å². The first kappa shape index (κ1) is 4.13. The number of aldehydes is 1. The molecule has 0 aromatic heterocycles. The minimum Gasteiger partial charge on any atom is -0.303 e. The Balaban J connectivity index is 2.25. The highest BCUT2D eigenvalue weighted by Crippen LogP contribution is 2.33. The summed E-state index contributed by atoms with van der Waals surface area (Å²) in [5.41, 5.74) is 0. The van der Waals surface area contributed by atoms with Crippen LogP contribution >= 0.6 is 11.6 Å². The maximum atomic E-state index is 9.69. The zero-order chi connectivity index (χ0) is 4.57. The van der Waals surface area contributed by atoms with E-state index in [0.29, 0.717) is 0 Å². The average molecular weight is 105 g/mol. The third-order valence-electron chi connectivity index (χ3n) is 0.934. The summed E-state index contributed by atoms with van der Waals surface area (Å²) in [5.74, 6) is 0.187. The summed E-state index contributed by atoms with van der Waals surface area (Å²) >= 11 is 5.42. The van der Waals surface area contributed by atoms with Crippen molar-refractivity contribution in [2.45, 2.75) is 11.8 Å². The van der Waals surface area contributed by atoms with E-state index < -0.39 is 0 Å². The van der Waals surface area contributed by atoms with Crippen LogP contribution in [-0.2, 0) is 4.79 Å². The van der Waals surface area contributed by atoms with E-state index in [2.05, 4.69) is 0 Å². The maximum Gasteiger partial charge on any atom is 0.124 e. The standard InChI is InChI=1S/C4H5ClO/c5-4-1-3(4)2-6/h2-4H,1H2/t3-,4-/m1/s1. The van der Waals surface area contributed by atoms with Gasteiger partial charge in [-0.25, -0.2) is 0 Å². The first-order valence-electron chi connectivity index (χ1n) is 1.94. The number of rotatable bonds is 1. The maximum absolute atomic E-state index is 9.69. The summed E-state index contributed by atoms with van der Waals surface area (Å²) in [6.45, 7) is 0. The predicted octanol–water partition coefficient (Wildman–Crippen LogP) is 0.813. The minimum atomic E-state index is 0.169. The molecular formula is C4H5ClO. The van der Waals surface area contributed by atoms with E-state index in [1.54, 1.807) is 0 Å². The van der Waals surface area contributed by atoms with Gasteiger partial charge in [0.15, 0.2) is 0 Å². The molecule has 1 aliphatic carbocycles. The summed E-state index contributed by atoms with van der Waals surface area (Å²) in [4.78, 5) is 9.69. The highest BCUT2D eigenvalue weighted by molar-refractivity contribution is 6.23. The van der Waals surface area contributed by atoms with Gasteiger partial charge in [0.05, 0.1) is 0 Å². The van der Waals surface area contributed by atoms with E-state index in [4.69, 9.17) is 11.6 Å². The number of halogens is 1. The molecule has 1 saturated carbocycles. The van der Waals surface area contributed by atoms with Gasteiger partial charge in [-0.2, -0.15) is 0 Å². The lowest BCUT2D eigenvalue weighted by molar-refractivity contribution is -0.108. The van der Waals surface area contributed by atoms with Crippen molar-refractivity contribution < 1.29 is 4.79 Å². The summed E-state index contributed by atoms with van der Waals surface area (Å²) < 4.78 is 0. The van der Waals surface area contributed by atoms with Crippen LogP contribution in [0.3, 0.4) is 0 Å². The molecule has 0 unspecified atom stereocenters. The van der Waals surface area contributed by atoms with Crippen LogP contribution in [0.5, 0.6) is 0 Å². The highest BCUT2D eigenvalue weighted by atomic mass is 35.5. The Morgan fingerprint density at radius 2 is 2.33 bits per heavy atom. The van der Waals surface area contributed by atoms with Crippen LogP contribution in [0.25, 0.3) is 0 Å². The summed E-state index contributed by atoms with van der Waals surface area (Å²) in [7, 11) is 0. The van der Waals surface area contributed by atoms with Crippen molar-refractivity contribution >= 4 is 17.9 Å². The van der Waals surface area contributed by atoms with Crippen LogP contribution < -0.4 is 0 Å². The van der Waals surface area contributed by atoms with Crippen LogP contribution in [0.1, 0.15) is 6.42 Å². The van der Waals surface area contributed by atoms with E-state index in [-0.39, 0.29) is 11.3 Å². The lowest BCUT2D eigenvalue weighted by Gasteiger charge is -1.65. The van der Waals surface area contributed by atoms with Gasteiger partial charge in [-0.1, -0.05) is 0 Å². The number of carbonyl (C=O) groups excluding carboxylic acids is 1. The Bertz CT molecular complexity index is 71.9. The second kappa shape index (κ2) is 1.23. The fourth-order valence-electron chi connectivity index (χ4n) is 0.322. The molecule has 2 atom stereocenters. The van der Waals surface area contributed by atoms with Gasteiger partial charge >= 0.3 is 0 Å². The minimum absolute atomic E-state index is 0.169. The zero-order valence-electron chi connectivity index (χ0n) is 3.23. The summed E-state index contributed by atoms with van der Waals surface area (Å²) in [6, 6.07) is 0. The van der Waals surface area contributed by atoms with Gasteiger partial charge in [0.2, 0.25) is 0 Å². The van der Waals surface area contributed by atoms with Crippen molar-refractivity contribution in [2.24, 2.45) is 5.92 Å². The highest BCUT2D eigenvalue weighted by Gasteiger charge is 2.34. The Morgan fingerprint density at radius 3 is 2.33 bits per heavy atom. The molecule has 0 N–H and O–H groups in total. The molecule has 0 aromatic rings. The van der Waals surface area contributed by atoms with Crippen molar-refractivity contribution in [2.75, 3.05) is 0 Å². The fraction of sp³-hybridized carbons (Fsp3) is 0.750. The third-order valence-corrected chi connectivity index (χ3v) is 1.44. The van der Waals surface area contributed by atoms with Gasteiger partial charge in [0.1, 0.15) is 6.29 Å². The lowest BCUT2D eigenvalue weighted by Crippen LogP contribution is -1.75. The Labute approximate surface area is 41.3 Å². The molecule has 1 aliphatic rings. The average Bonchev–Trinajstić information content (AvgIpc) is 2.19. The zero-order valence-corrected chi connectivity index (χ0v) is 3.98. The molecule has 0 saturated heterocycles. The van der Waals surface area contributed by atoms with Crippen LogP contribution in [0.4, 0.5) is 0 Å². The van der Waals surface area contributed by atoms with E-state index >= 15 is 0 Å². The Hall–Kier alpha value is -0.0400. The molecular weight excluding hydrogens is 99.5 g/mol. The van der Waals surface area contributed by atoms with E-state index in [1.807, 2.05) is 0 Å².